The number of allylic oxidation sites excluding steroid dienone is 1. The van der Waals surface area contributed by atoms with Crippen LogP contribution >= 0.6 is 0 Å². The van der Waals surface area contributed by atoms with E-state index in [-0.39, 0.29) is 0 Å². The molecule has 0 aromatic carbocycles. The minimum atomic E-state index is 0.742. The fraction of sp³-hybridized carbons (Fsp3) is 0.778. The van der Waals surface area contributed by atoms with Crippen LogP contribution in [0.5, 0.6) is 0 Å². The maximum absolute atomic E-state index is 3.32. The average Bonchev–Trinajstić information content (AvgIpc) is 1.95. The van der Waals surface area contributed by atoms with Crippen molar-refractivity contribution in [3.8, 4) is 0 Å². The van der Waals surface area contributed by atoms with Crippen molar-refractivity contribution in [2.75, 3.05) is 7.05 Å². The largest absolute Gasteiger partial charge is 0.316 e. The summed E-state index contributed by atoms with van der Waals surface area (Å²) in [5.74, 6) is 1.67. The van der Waals surface area contributed by atoms with Gasteiger partial charge in [-0.1, -0.05) is 19.1 Å². The van der Waals surface area contributed by atoms with E-state index in [0.717, 1.165) is 17.9 Å². The summed E-state index contributed by atoms with van der Waals surface area (Å²) in [6.45, 7) is 4.41. The summed E-state index contributed by atoms with van der Waals surface area (Å²) in [6, 6.07) is 0.742. The monoisotopic (exact) mass is 139 g/mol. The molecule has 0 heterocycles. The third kappa shape index (κ3) is 1.24. The van der Waals surface area contributed by atoms with E-state index >= 15 is 0 Å². The Bertz CT molecular complexity index is 129. The Morgan fingerprint density at radius 1 is 1.50 bits per heavy atom. The fourth-order valence-electron chi connectivity index (χ4n) is 1.77. The van der Waals surface area contributed by atoms with E-state index in [9.17, 15) is 0 Å². The molecule has 0 radical (unpaired) electrons. The van der Waals surface area contributed by atoms with Crippen LogP contribution < -0.4 is 5.32 Å². The molecule has 0 aromatic heterocycles. The SMILES string of the molecule is C/C=C/[C@H]1C(NC)C[C@@H]1C. The van der Waals surface area contributed by atoms with Gasteiger partial charge in [0, 0.05) is 6.04 Å². The van der Waals surface area contributed by atoms with Crippen molar-refractivity contribution in [2.24, 2.45) is 11.8 Å². The smallest absolute Gasteiger partial charge is 0.0132 e. The van der Waals surface area contributed by atoms with Gasteiger partial charge in [0.15, 0.2) is 0 Å². The summed E-state index contributed by atoms with van der Waals surface area (Å²) in [4.78, 5) is 0. The molecule has 1 fully saturated rings. The number of nitrogens with one attached hydrogen (secondary N) is 1. The molecule has 1 saturated carbocycles. The molecule has 0 bridgehead atoms. The van der Waals surface area contributed by atoms with E-state index in [1.807, 2.05) is 7.05 Å². The van der Waals surface area contributed by atoms with Gasteiger partial charge in [-0.15, -0.1) is 0 Å². The Balaban J connectivity index is 2.40. The zero-order chi connectivity index (χ0) is 7.56. The summed E-state index contributed by atoms with van der Waals surface area (Å²) >= 11 is 0. The van der Waals surface area contributed by atoms with E-state index in [2.05, 4.69) is 31.3 Å². The third-order valence-electron chi connectivity index (χ3n) is 2.53. The van der Waals surface area contributed by atoms with Crippen molar-refractivity contribution >= 4 is 0 Å². The average molecular weight is 139 g/mol. The molecule has 0 spiro atoms. The standard InChI is InChI=1S/C9H17N/c1-4-5-8-7(2)6-9(8)10-3/h4-5,7-10H,6H2,1-3H3/b5-4+/t7-,8+,9?/m0/s1. The van der Waals surface area contributed by atoms with Gasteiger partial charge in [0.1, 0.15) is 0 Å². The highest BCUT2D eigenvalue weighted by Gasteiger charge is 2.34. The predicted molar refractivity (Wildman–Crippen MR) is 44.9 cm³/mol. The van der Waals surface area contributed by atoms with Gasteiger partial charge in [0.25, 0.3) is 0 Å². The lowest BCUT2D eigenvalue weighted by molar-refractivity contribution is 0.173. The van der Waals surface area contributed by atoms with Gasteiger partial charge in [-0.05, 0) is 32.2 Å². The first kappa shape index (κ1) is 7.80. The molecule has 0 aliphatic heterocycles. The van der Waals surface area contributed by atoms with Crippen LogP contribution in [-0.4, -0.2) is 13.1 Å². The molecule has 1 aliphatic carbocycles. The van der Waals surface area contributed by atoms with Crippen molar-refractivity contribution in [1.29, 1.82) is 0 Å². The lowest BCUT2D eigenvalue weighted by Gasteiger charge is -2.41. The molecule has 0 saturated heterocycles. The quantitative estimate of drug-likeness (QED) is 0.575. The van der Waals surface area contributed by atoms with E-state index in [1.165, 1.54) is 6.42 Å². The lowest BCUT2D eigenvalue weighted by Crippen LogP contribution is -2.46. The summed E-state index contributed by atoms with van der Waals surface area (Å²) < 4.78 is 0. The molecule has 1 unspecified atom stereocenters. The Kier molecular flexibility index (Phi) is 2.50. The van der Waals surface area contributed by atoms with Gasteiger partial charge in [-0.25, -0.2) is 0 Å². The molecule has 0 amide bonds. The van der Waals surface area contributed by atoms with Crippen molar-refractivity contribution < 1.29 is 0 Å². The van der Waals surface area contributed by atoms with E-state index in [0.29, 0.717) is 0 Å². The predicted octanol–water partition coefficient (Wildman–Crippen LogP) is 1.81. The molecule has 1 N–H and O–H groups in total. The highest BCUT2D eigenvalue weighted by Crippen LogP contribution is 2.34. The van der Waals surface area contributed by atoms with Crippen LogP contribution in [0.2, 0.25) is 0 Å². The van der Waals surface area contributed by atoms with Crippen LogP contribution in [0.1, 0.15) is 20.3 Å². The Hall–Kier alpha value is -0.300. The fourth-order valence-corrected chi connectivity index (χ4v) is 1.77. The first-order valence-corrected chi connectivity index (χ1v) is 4.09. The number of hydrogen-bond acceptors (Lipinski definition) is 1. The maximum Gasteiger partial charge on any atom is 0.0132 e. The van der Waals surface area contributed by atoms with Gasteiger partial charge >= 0.3 is 0 Å². The molecule has 0 aromatic rings. The summed E-state index contributed by atoms with van der Waals surface area (Å²) in [7, 11) is 2.05. The maximum atomic E-state index is 3.32. The van der Waals surface area contributed by atoms with Gasteiger partial charge in [-0.3, -0.25) is 0 Å². The molecule has 1 nitrogen and oxygen atoms in total. The zero-order valence-corrected chi connectivity index (χ0v) is 7.09. The summed E-state index contributed by atoms with van der Waals surface area (Å²) in [5.41, 5.74) is 0. The van der Waals surface area contributed by atoms with Crippen molar-refractivity contribution in [2.45, 2.75) is 26.3 Å². The van der Waals surface area contributed by atoms with Gasteiger partial charge in [0.05, 0.1) is 0 Å². The van der Waals surface area contributed by atoms with E-state index < -0.39 is 0 Å². The van der Waals surface area contributed by atoms with Crippen LogP contribution in [0.4, 0.5) is 0 Å². The Morgan fingerprint density at radius 2 is 2.20 bits per heavy atom. The van der Waals surface area contributed by atoms with Crippen LogP contribution in [-0.2, 0) is 0 Å². The van der Waals surface area contributed by atoms with Crippen LogP contribution in [0.15, 0.2) is 12.2 Å². The second-order valence-electron chi connectivity index (χ2n) is 3.21. The minimum absolute atomic E-state index is 0.742. The molecular formula is C9H17N. The van der Waals surface area contributed by atoms with Crippen LogP contribution in [0, 0.1) is 11.8 Å². The Morgan fingerprint density at radius 3 is 2.60 bits per heavy atom. The van der Waals surface area contributed by atoms with E-state index in [1.54, 1.807) is 0 Å². The first-order valence-electron chi connectivity index (χ1n) is 4.09. The second-order valence-corrected chi connectivity index (χ2v) is 3.21. The molecule has 58 valence electrons. The molecule has 3 atom stereocenters. The lowest BCUT2D eigenvalue weighted by atomic mass is 9.70. The molecule has 10 heavy (non-hydrogen) atoms. The molecule has 1 rings (SSSR count). The van der Waals surface area contributed by atoms with Crippen molar-refractivity contribution in [1.82, 2.24) is 5.32 Å². The molecule has 1 aliphatic rings. The van der Waals surface area contributed by atoms with Crippen LogP contribution in [0.3, 0.4) is 0 Å². The summed E-state index contributed by atoms with van der Waals surface area (Å²) in [5, 5.41) is 3.32. The minimum Gasteiger partial charge on any atom is -0.316 e. The van der Waals surface area contributed by atoms with Gasteiger partial charge in [-0.2, -0.15) is 0 Å². The number of hydrogen-bond donors (Lipinski definition) is 1. The molecule has 1 heteroatoms. The number of rotatable bonds is 2. The molecular weight excluding hydrogens is 122 g/mol. The normalized spacial score (nSPS) is 40.1. The first-order chi connectivity index (χ1) is 4.79. The van der Waals surface area contributed by atoms with Gasteiger partial charge < -0.3 is 5.32 Å². The van der Waals surface area contributed by atoms with Crippen LogP contribution in [0.25, 0.3) is 0 Å². The van der Waals surface area contributed by atoms with Crippen molar-refractivity contribution in [3.05, 3.63) is 12.2 Å². The highest BCUT2D eigenvalue weighted by atomic mass is 14.9. The highest BCUT2D eigenvalue weighted by molar-refractivity contribution is 5.02. The zero-order valence-electron chi connectivity index (χ0n) is 7.09. The summed E-state index contributed by atoms with van der Waals surface area (Å²) in [6.07, 6.45) is 5.81. The third-order valence-corrected chi connectivity index (χ3v) is 2.53. The van der Waals surface area contributed by atoms with Gasteiger partial charge in [0.2, 0.25) is 0 Å². The second kappa shape index (κ2) is 3.20. The Labute approximate surface area is 63.5 Å². The van der Waals surface area contributed by atoms with E-state index in [4.69, 9.17) is 0 Å². The van der Waals surface area contributed by atoms with Crippen molar-refractivity contribution in [3.63, 3.8) is 0 Å². The topological polar surface area (TPSA) is 12.0 Å².